The monoisotopic (exact) mass is 291 g/mol. The molecule has 2 aliphatic rings. The zero-order valence-corrected chi connectivity index (χ0v) is 12.8. The molecule has 0 atom stereocenters. The minimum atomic E-state index is 0.460. The van der Waals surface area contributed by atoms with E-state index in [0.29, 0.717) is 17.9 Å². The van der Waals surface area contributed by atoms with E-state index in [4.69, 9.17) is 4.74 Å². The Morgan fingerprint density at radius 2 is 1.81 bits per heavy atom. The Balaban J connectivity index is 1.69. The van der Waals surface area contributed by atoms with Crippen molar-refractivity contribution >= 4 is 11.9 Å². The van der Waals surface area contributed by atoms with Gasteiger partial charge in [-0.05, 0) is 38.0 Å². The van der Waals surface area contributed by atoms with Crippen molar-refractivity contribution in [2.24, 2.45) is 5.92 Å². The van der Waals surface area contributed by atoms with E-state index in [1.54, 1.807) is 0 Å². The number of hydrogen-bond acceptors (Lipinski definition) is 6. The van der Waals surface area contributed by atoms with Crippen LogP contribution in [0.2, 0.25) is 0 Å². The van der Waals surface area contributed by atoms with Gasteiger partial charge in [-0.15, -0.1) is 0 Å². The lowest BCUT2D eigenvalue weighted by molar-refractivity contribution is 0.234. The second-order valence-corrected chi connectivity index (χ2v) is 6.00. The molecule has 1 saturated heterocycles. The van der Waals surface area contributed by atoms with Crippen LogP contribution in [0.3, 0.4) is 0 Å². The average Bonchev–Trinajstić information content (AvgIpc) is 3.07. The van der Waals surface area contributed by atoms with Gasteiger partial charge in [0, 0.05) is 20.1 Å². The SMILES string of the molecule is CNc1nc(OCC2CCCC2)nc(N2CCCCC2)n1. The molecule has 2 fully saturated rings. The summed E-state index contributed by atoms with van der Waals surface area (Å²) in [7, 11) is 1.83. The van der Waals surface area contributed by atoms with Crippen LogP contribution in [0.4, 0.5) is 11.9 Å². The number of nitrogens with zero attached hydrogens (tertiary/aromatic N) is 4. The summed E-state index contributed by atoms with van der Waals surface area (Å²) in [5.41, 5.74) is 0. The summed E-state index contributed by atoms with van der Waals surface area (Å²) < 4.78 is 5.84. The molecule has 1 aliphatic carbocycles. The molecule has 3 rings (SSSR count). The van der Waals surface area contributed by atoms with E-state index < -0.39 is 0 Å². The first kappa shape index (κ1) is 14.4. The lowest BCUT2D eigenvalue weighted by Crippen LogP contribution is -2.31. The van der Waals surface area contributed by atoms with Crippen molar-refractivity contribution < 1.29 is 4.74 Å². The summed E-state index contributed by atoms with van der Waals surface area (Å²) in [6.45, 7) is 2.77. The fourth-order valence-corrected chi connectivity index (χ4v) is 3.13. The molecule has 0 bridgehead atoms. The summed E-state index contributed by atoms with van der Waals surface area (Å²) in [6.07, 6.45) is 8.90. The van der Waals surface area contributed by atoms with Crippen LogP contribution in [0, 0.1) is 5.92 Å². The highest BCUT2D eigenvalue weighted by Crippen LogP contribution is 2.25. The number of piperidine rings is 1. The van der Waals surface area contributed by atoms with Gasteiger partial charge in [0.25, 0.3) is 0 Å². The number of ether oxygens (including phenoxy) is 1. The van der Waals surface area contributed by atoms with Crippen molar-refractivity contribution in [3.63, 3.8) is 0 Å². The molecule has 1 saturated carbocycles. The summed E-state index contributed by atoms with van der Waals surface area (Å²) in [6, 6.07) is 0.460. The smallest absolute Gasteiger partial charge is 0.323 e. The van der Waals surface area contributed by atoms with Crippen LogP contribution in [-0.4, -0.2) is 41.7 Å². The fraction of sp³-hybridized carbons (Fsp3) is 0.800. The summed E-state index contributed by atoms with van der Waals surface area (Å²) >= 11 is 0. The largest absolute Gasteiger partial charge is 0.463 e. The molecule has 0 unspecified atom stereocenters. The van der Waals surface area contributed by atoms with Gasteiger partial charge >= 0.3 is 6.01 Å². The third-order valence-electron chi connectivity index (χ3n) is 4.39. The average molecular weight is 291 g/mol. The second kappa shape index (κ2) is 6.91. The zero-order chi connectivity index (χ0) is 14.5. The Morgan fingerprint density at radius 1 is 1.05 bits per heavy atom. The number of hydrogen-bond donors (Lipinski definition) is 1. The molecule has 21 heavy (non-hydrogen) atoms. The third kappa shape index (κ3) is 3.74. The first-order valence-corrected chi connectivity index (χ1v) is 8.17. The van der Waals surface area contributed by atoms with Crippen molar-refractivity contribution in [3.8, 4) is 6.01 Å². The van der Waals surface area contributed by atoms with Gasteiger partial charge in [-0.1, -0.05) is 12.8 Å². The van der Waals surface area contributed by atoms with Crippen molar-refractivity contribution in [2.75, 3.05) is 37.0 Å². The Kier molecular flexibility index (Phi) is 4.72. The maximum atomic E-state index is 5.84. The minimum absolute atomic E-state index is 0.460. The highest BCUT2D eigenvalue weighted by molar-refractivity contribution is 5.38. The van der Waals surface area contributed by atoms with Gasteiger partial charge < -0.3 is 15.0 Å². The Labute approximate surface area is 126 Å². The van der Waals surface area contributed by atoms with Crippen LogP contribution in [-0.2, 0) is 0 Å². The molecule has 1 aliphatic heterocycles. The molecule has 0 spiro atoms. The Morgan fingerprint density at radius 3 is 2.52 bits per heavy atom. The number of aromatic nitrogens is 3. The van der Waals surface area contributed by atoms with E-state index >= 15 is 0 Å². The normalized spacial score (nSPS) is 19.8. The van der Waals surface area contributed by atoms with Gasteiger partial charge in [0.2, 0.25) is 11.9 Å². The van der Waals surface area contributed by atoms with Crippen LogP contribution < -0.4 is 15.0 Å². The first-order chi connectivity index (χ1) is 10.3. The van der Waals surface area contributed by atoms with Crippen LogP contribution >= 0.6 is 0 Å². The Hall–Kier alpha value is -1.59. The van der Waals surface area contributed by atoms with E-state index in [2.05, 4.69) is 25.2 Å². The predicted octanol–water partition coefficient (Wildman–Crippen LogP) is 2.47. The van der Waals surface area contributed by atoms with Crippen molar-refractivity contribution in [1.82, 2.24) is 15.0 Å². The molecule has 2 heterocycles. The minimum Gasteiger partial charge on any atom is -0.463 e. The topological polar surface area (TPSA) is 63.2 Å². The first-order valence-electron chi connectivity index (χ1n) is 8.17. The highest BCUT2D eigenvalue weighted by atomic mass is 16.5. The molecular formula is C15H25N5O. The van der Waals surface area contributed by atoms with Gasteiger partial charge in [0.05, 0.1) is 6.61 Å². The fourth-order valence-electron chi connectivity index (χ4n) is 3.13. The van der Waals surface area contributed by atoms with Crippen molar-refractivity contribution in [3.05, 3.63) is 0 Å². The number of anilines is 2. The van der Waals surface area contributed by atoms with Crippen LogP contribution in [0.5, 0.6) is 6.01 Å². The summed E-state index contributed by atoms with van der Waals surface area (Å²) in [5.74, 6) is 2.00. The van der Waals surface area contributed by atoms with Crippen LogP contribution in [0.25, 0.3) is 0 Å². The van der Waals surface area contributed by atoms with E-state index in [-0.39, 0.29) is 0 Å². The lowest BCUT2D eigenvalue weighted by Gasteiger charge is -2.26. The van der Waals surface area contributed by atoms with Gasteiger partial charge in [-0.3, -0.25) is 0 Å². The number of nitrogens with one attached hydrogen (secondary N) is 1. The predicted molar refractivity (Wildman–Crippen MR) is 82.9 cm³/mol. The molecule has 1 aromatic rings. The van der Waals surface area contributed by atoms with E-state index in [1.165, 1.54) is 44.9 Å². The maximum absolute atomic E-state index is 5.84. The van der Waals surface area contributed by atoms with Crippen LogP contribution in [0.1, 0.15) is 44.9 Å². The van der Waals surface area contributed by atoms with Gasteiger partial charge in [0.1, 0.15) is 0 Å². The zero-order valence-electron chi connectivity index (χ0n) is 12.8. The van der Waals surface area contributed by atoms with Gasteiger partial charge in [-0.25, -0.2) is 0 Å². The van der Waals surface area contributed by atoms with E-state index in [9.17, 15) is 0 Å². The molecule has 0 amide bonds. The maximum Gasteiger partial charge on any atom is 0.323 e. The number of rotatable bonds is 5. The molecule has 0 radical (unpaired) electrons. The second-order valence-electron chi connectivity index (χ2n) is 6.00. The van der Waals surface area contributed by atoms with E-state index in [1.807, 2.05) is 7.05 Å². The molecule has 116 valence electrons. The molecule has 6 heteroatoms. The van der Waals surface area contributed by atoms with Crippen molar-refractivity contribution in [2.45, 2.75) is 44.9 Å². The highest BCUT2D eigenvalue weighted by Gasteiger charge is 2.19. The Bertz CT molecular complexity index is 455. The third-order valence-corrected chi connectivity index (χ3v) is 4.39. The van der Waals surface area contributed by atoms with Gasteiger partial charge in [-0.2, -0.15) is 15.0 Å². The molecule has 0 aromatic carbocycles. The molecule has 6 nitrogen and oxygen atoms in total. The van der Waals surface area contributed by atoms with Crippen molar-refractivity contribution in [1.29, 1.82) is 0 Å². The summed E-state index contributed by atoms with van der Waals surface area (Å²) in [4.78, 5) is 15.5. The standard InChI is InChI=1S/C15H25N5O/c1-16-13-17-14(20-9-5-2-6-10-20)19-15(18-13)21-11-12-7-3-4-8-12/h12H,2-11H2,1H3,(H,16,17,18,19). The van der Waals surface area contributed by atoms with E-state index in [0.717, 1.165) is 25.6 Å². The molecule has 1 aromatic heterocycles. The molecule has 1 N–H and O–H groups in total. The van der Waals surface area contributed by atoms with Gasteiger partial charge in [0.15, 0.2) is 0 Å². The molecular weight excluding hydrogens is 266 g/mol. The van der Waals surface area contributed by atoms with Crippen LogP contribution in [0.15, 0.2) is 0 Å². The summed E-state index contributed by atoms with van der Waals surface area (Å²) in [5, 5.41) is 3.01. The lowest BCUT2D eigenvalue weighted by atomic mass is 10.1. The quantitative estimate of drug-likeness (QED) is 0.899.